The lowest BCUT2D eigenvalue weighted by Gasteiger charge is -2.15. The Balaban J connectivity index is 1.40. The molecule has 0 atom stereocenters. The Morgan fingerprint density at radius 1 is 1.11 bits per heavy atom. The molecule has 2 amide bonds. The van der Waals surface area contributed by atoms with Crippen LogP contribution < -0.4 is 10.6 Å². The Bertz CT molecular complexity index is 1270. The number of carbonyl (C=O) groups is 3. The van der Waals surface area contributed by atoms with Crippen molar-refractivity contribution in [2.45, 2.75) is 45.6 Å². The number of para-hydroxylation sites is 1. The Morgan fingerprint density at radius 2 is 1.86 bits per heavy atom. The van der Waals surface area contributed by atoms with E-state index in [0.29, 0.717) is 17.1 Å². The van der Waals surface area contributed by atoms with Crippen LogP contribution in [0, 0.1) is 13.8 Å². The van der Waals surface area contributed by atoms with E-state index in [0.717, 1.165) is 37.1 Å². The number of hydrogen-bond donors (Lipinski definition) is 2. The Labute approximate surface area is 207 Å². The van der Waals surface area contributed by atoms with E-state index in [1.807, 2.05) is 19.9 Å². The van der Waals surface area contributed by atoms with Crippen LogP contribution in [0.1, 0.15) is 57.9 Å². The van der Waals surface area contributed by atoms with Crippen LogP contribution >= 0.6 is 11.6 Å². The van der Waals surface area contributed by atoms with E-state index in [1.54, 1.807) is 35.0 Å². The van der Waals surface area contributed by atoms with Gasteiger partial charge in [0.15, 0.2) is 18.1 Å². The van der Waals surface area contributed by atoms with Gasteiger partial charge in [0.1, 0.15) is 0 Å². The number of benzene rings is 1. The smallest absolute Gasteiger partial charge is 0.359 e. The number of halogens is 1. The summed E-state index contributed by atoms with van der Waals surface area (Å²) in [7, 11) is 0. The van der Waals surface area contributed by atoms with Gasteiger partial charge in [-0.3, -0.25) is 9.59 Å². The number of pyridine rings is 1. The van der Waals surface area contributed by atoms with Gasteiger partial charge in [0.2, 0.25) is 0 Å². The summed E-state index contributed by atoms with van der Waals surface area (Å²) in [5.74, 6) is -1.29. The minimum atomic E-state index is -0.846. The monoisotopic (exact) mass is 495 g/mol. The number of nitrogens with zero attached hydrogens (tertiary/aromatic N) is 3. The predicted molar refractivity (Wildman–Crippen MR) is 131 cm³/mol. The van der Waals surface area contributed by atoms with Crippen LogP contribution in [-0.4, -0.2) is 45.2 Å². The number of aromatic nitrogens is 3. The van der Waals surface area contributed by atoms with E-state index < -0.39 is 18.5 Å². The normalized spacial score (nSPS) is 13.5. The van der Waals surface area contributed by atoms with Gasteiger partial charge >= 0.3 is 5.97 Å². The number of anilines is 1. The number of amides is 2. The number of hydrogen-bond acceptors (Lipinski definition) is 6. The zero-order chi connectivity index (χ0) is 24.9. The van der Waals surface area contributed by atoms with Gasteiger partial charge in [0, 0.05) is 11.7 Å². The molecule has 1 fully saturated rings. The fourth-order valence-corrected chi connectivity index (χ4v) is 4.25. The molecule has 182 valence electrons. The fourth-order valence-electron chi connectivity index (χ4n) is 4.06. The largest absolute Gasteiger partial charge is 0.451 e. The van der Waals surface area contributed by atoms with Crippen molar-refractivity contribution in [3.8, 4) is 5.82 Å². The quantitative estimate of drug-likeness (QED) is 0.478. The molecule has 9 nitrogen and oxygen atoms in total. The summed E-state index contributed by atoms with van der Waals surface area (Å²) in [5, 5.41) is 10.1. The Morgan fingerprint density at radius 3 is 2.57 bits per heavy atom. The molecule has 0 spiro atoms. The first-order valence-electron chi connectivity index (χ1n) is 11.4. The average molecular weight is 496 g/mol. The molecule has 35 heavy (non-hydrogen) atoms. The Kier molecular flexibility index (Phi) is 7.45. The van der Waals surface area contributed by atoms with Crippen molar-refractivity contribution in [1.29, 1.82) is 0 Å². The van der Waals surface area contributed by atoms with Crippen molar-refractivity contribution >= 4 is 35.1 Å². The summed E-state index contributed by atoms with van der Waals surface area (Å²) in [4.78, 5) is 42.1. The summed E-state index contributed by atoms with van der Waals surface area (Å²) in [6, 6.07) is 11.9. The lowest BCUT2D eigenvalue weighted by molar-refractivity contribution is -0.119. The highest BCUT2D eigenvalue weighted by Gasteiger charge is 2.21. The molecule has 2 aromatic heterocycles. The number of nitrogens with one attached hydrogen (secondary N) is 2. The van der Waals surface area contributed by atoms with Gasteiger partial charge < -0.3 is 15.4 Å². The molecule has 1 aromatic carbocycles. The van der Waals surface area contributed by atoms with Crippen LogP contribution in [0.5, 0.6) is 0 Å². The molecule has 0 aliphatic heterocycles. The molecule has 1 saturated carbocycles. The molecule has 2 heterocycles. The van der Waals surface area contributed by atoms with E-state index in [1.165, 1.54) is 6.07 Å². The molecule has 0 saturated heterocycles. The maximum Gasteiger partial charge on any atom is 0.359 e. The van der Waals surface area contributed by atoms with Crippen molar-refractivity contribution in [3.63, 3.8) is 0 Å². The lowest BCUT2D eigenvalue weighted by Crippen LogP contribution is -2.33. The minimum Gasteiger partial charge on any atom is -0.451 e. The van der Waals surface area contributed by atoms with E-state index >= 15 is 0 Å². The van der Waals surface area contributed by atoms with Crippen LogP contribution in [0.15, 0.2) is 42.5 Å². The predicted octanol–water partition coefficient (Wildman–Crippen LogP) is 4.01. The fraction of sp³-hybridized carbons (Fsp3) is 0.320. The topological polar surface area (TPSA) is 115 Å². The molecule has 10 heteroatoms. The van der Waals surface area contributed by atoms with Gasteiger partial charge in [0.25, 0.3) is 11.8 Å². The van der Waals surface area contributed by atoms with Crippen LogP contribution in [0.4, 0.5) is 5.69 Å². The molecule has 4 rings (SSSR count). The molecule has 0 bridgehead atoms. The van der Waals surface area contributed by atoms with Crippen LogP contribution in [0.25, 0.3) is 5.82 Å². The van der Waals surface area contributed by atoms with Crippen molar-refractivity contribution < 1.29 is 19.1 Å². The lowest BCUT2D eigenvalue weighted by atomic mass is 10.1. The maximum atomic E-state index is 12.7. The molecule has 2 N–H and O–H groups in total. The molecule has 3 aromatic rings. The molecule has 1 aliphatic rings. The van der Waals surface area contributed by atoms with Gasteiger partial charge in [-0.2, -0.15) is 5.10 Å². The van der Waals surface area contributed by atoms with Crippen molar-refractivity contribution in [2.24, 2.45) is 0 Å². The second-order valence-electron chi connectivity index (χ2n) is 8.46. The second kappa shape index (κ2) is 10.7. The first-order valence-corrected chi connectivity index (χ1v) is 11.8. The van der Waals surface area contributed by atoms with Crippen molar-refractivity contribution in [1.82, 2.24) is 20.1 Å². The van der Waals surface area contributed by atoms with Crippen LogP contribution in [-0.2, 0) is 9.53 Å². The summed E-state index contributed by atoms with van der Waals surface area (Å²) in [6.07, 6.45) is 4.09. The SMILES string of the molecule is Cc1cc(C)n(-c2ccc(Cl)c(C(=O)OCC(=O)Nc3ccccc3C(=O)NC3CCCC3)n2)n1. The van der Waals surface area contributed by atoms with Crippen molar-refractivity contribution in [2.75, 3.05) is 11.9 Å². The average Bonchev–Trinajstić information content (AvgIpc) is 3.46. The molecule has 0 radical (unpaired) electrons. The highest BCUT2D eigenvalue weighted by atomic mass is 35.5. The third-order valence-electron chi connectivity index (χ3n) is 5.72. The third kappa shape index (κ3) is 5.86. The molecule has 0 unspecified atom stereocenters. The zero-order valence-corrected chi connectivity index (χ0v) is 20.3. The summed E-state index contributed by atoms with van der Waals surface area (Å²) in [5.41, 5.74) is 2.21. The van der Waals surface area contributed by atoms with Gasteiger partial charge in [0.05, 0.1) is 22.0 Å². The standard InChI is InChI=1S/C25H26ClN5O4/c1-15-13-16(2)31(30-15)21-12-11-19(26)23(29-21)25(34)35-14-22(32)28-20-10-6-5-9-18(20)24(33)27-17-7-3-4-8-17/h5-6,9-13,17H,3-4,7-8,14H2,1-2H3,(H,27,33)(H,28,32). The van der Waals surface area contributed by atoms with Gasteiger partial charge in [-0.15, -0.1) is 0 Å². The number of rotatable bonds is 7. The molecule has 1 aliphatic carbocycles. The maximum absolute atomic E-state index is 12.7. The summed E-state index contributed by atoms with van der Waals surface area (Å²) in [6.45, 7) is 3.15. The number of esters is 1. The van der Waals surface area contributed by atoms with E-state index in [4.69, 9.17) is 16.3 Å². The second-order valence-corrected chi connectivity index (χ2v) is 8.87. The third-order valence-corrected chi connectivity index (χ3v) is 6.03. The van der Waals surface area contributed by atoms with Gasteiger partial charge in [-0.05, 0) is 57.0 Å². The zero-order valence-electron chi connectivity index (χ0n) is 19.5. The first kappa shape index (κ1) is 24.4. The molecular formula is C25H26ClN5O4. The van der Waals surface area contributed by atoms with Crippen LogP contribution in [0.2, 0.25) is 5.02 Å². The van der Waals surface area contributed by atoms with Gasteiger partial charge in [-0.1, -0.05) is 36.6 Å². The number of carbonyl (C=O) groups excluding carboxylic acids is 3. The van der Waals surface area contributed by atoms with Gasteiger partial charge in [-0.25, -0.2) is 14.5 Å². The van der Waals surface area contributed by atoms with E-state index in [9.17, 15) is 14.4 Å². The number of ether oxygens (including phenoxy) is 1. The Hall–Kier alpha value is -3.72. The summed E-state index contributed by atoms with van der Waals surface area (Å²) < 4.78 is 6.74. The van der Waals surface area contributed by atoms with E-state index in [2.05, 4.69) is 20.7 Å². The van der Waals surface area contributed by atoms with E-state index in [-0.39, 0.29) is 22.7 Å². The highest BCUT2D eigenvalue weighted by molar-refractivity contribution is 6.33. The molecular weight excluding hydrogens is 470 g/mol. The van der Waals surface area contributed by atoms with Crippen molar-refractivity contribution in [3.05, 3.63) is 70.1 Å². The summed E-state index contributed by atoms with van der Waals surface area (Å²) >= 11 is 6.16. The number of aryl methyl sites for hydroxylation is 2. The highest BCUT2D eigenvalue weighted by Crippen LogP contribution is 2.21. The first-order chi connectivity index (χ1) is 16.8. The van der Waals surface area contributed by atoms with Crippen LogP contribution in [0.3, 0.4) is 0 Å². The minimum absolute atomic E-state index is 0.0922.